The van der Waals surface area contributed by atoms with Gasteiger partial charge in [-0.15, -0.1) is 0 Å². The molecule has 3 aromatic heterocycles. The van der Waals surface area contributed by atoms with Crippen LogP contribution in [0.15, 0.2) is 35.0 Å². The molecule has 0 saturated carbocycles. The van der Waals surface area contributed by atoms with Crippen molar-refractivity contribution in [3.8, 4) is 0 Å². The molecule has 140 valence electrons. The molecule has 0 unspecified atom stereocenters. The van der Waals surface area contributed by atoms with Gasteiger partial charge in [-0.25, -0.2) is 4.98 Å². The van der Waals surface area contributed by atoms with Crippen LogP contribution in [0, 0.1) is 0 Å². The predicted octanol–water partition coefficient (Wildman–Crippen LogP) is 3.66. The predicted molar refractivity (Wildman–Crippen MR) is 110 cm³/mol. The lowest BCUT2D eigenvalue weighted by molar-refractivity contribution is 0.0736. The van der Waals surface area contributed by atoms with Gasteiger partial charge in [0, 0.05) is 28.8 Å². The zero-order valence-corrected chi connectivity index (χ0v) is 16.9. The number of hydrogen-bond donors (Lipinski definition) is 1. The summed E-state index contributed by atoms with van der Waals surface area (Å²) in [6.07, 6.45) is 0.673. The second kappa shape index (κ2) is 7.04. The largest absolute Gasteiger partial charge is 0.333 e. The first kappa shape index (κ1) is 17.4. The SMILES string of the molecule is O=C(Nc1nc2c(s1)CN(C(=O)c1ccc3nsnc3c1)CC2)c1ccsc1. The van der Waals surface area contributed by atoms with Crippen LogP contribution >= 0.6 is 34.4 Å². The Morgan fingerprint density at radius 3 is 2.86 bits per heavy atom. The van der Waals surface area contributed by atoms with Crippen LogP contribution in [-0.2, 0) is 13.0 Å². The lowest BCUT2D eigenvalue weighted by atomic mass is 10.1. The maximum absolute atomic E-state index is 12.9. The van der Waals surface area contributed by atoms with Crippen molar-refractivity contribution in [1.29, 1.82) is 0 Å². The zero-order valence-electron chi connectivity index (χ0n) is 14.4. The molecule has 0 spiro atoms. The molecular formula is C18H13N5O2S3. The zero-order chi connectivity index (χ0) is 19.1. The summed E-state index contributed by atoms with van der Waals surface area (Å²) in [7, 11) is 0. The highest BCUT2D eigenvalue weighted by Crippen LogP contribution is 2.29. The van der Waals surface area contributed by atoms with Crippen LogP contribution in [0.4, 0.5) is 5.13 Å². The Kier molecular flexibility index (Phi) is 4.38. The van der Waals surface area contributed by atoms with E-state index in [9.17, 15) is 9.59 Å². The molecule has 28 heavy (non-hydrogen) atoms. The summed E-state index contributed by atoms with van der Waals surface area (Å²) in [5, 5.41) is 7.10. The number of thiophene rings is 1. The van der Waals surface area contributed by atoms with Gasteiger partial charge >= 0.3 is 0 Å². The standard InChI is InChI=1S/C18H13N5O2S3/c24-16(11-4-6-26-9-11)20-18-19-13-3-5-23(8-15(13)27-18)17(25)10-1-2-12-14(7-10)22-28-21-12/h1-2,4,6-7,9H,3,5,8H2,(H,19,20,24). The van der Waals surface area contributed by atoms with Gasteiger partial charge in [-0.05, 0) is 29.6 Å². The van der Waals surface area contributed by atoms with E-state index >= 15 is 0 Å². The van der Waals surface area contributed by atoms with Gasteiger partial charge < -0.3 is 4.90 Å². The van der Waals surface area contributed by atoms with Gasteiger partial charge in [0.1, 0.15) is 11.0 Å². The second-order valence-corrected chi connectivity index (χ2v) is 8.69. The minimum absolute atomic E-state index is 0.0298. The van der Waals surface area contributed by atoms with Crippen molar-refractivity contribution in [2.45, 2.75) is 13.0 Å². The molecule has 0 atom stereocenters. The van der Waals surface area contributed by atoms with Crippen molar-refractivity contribution in [2.24, 2.45) is 0 Å². The van der Waals surface area contributed by atoms with E-state index in [-0.39, 0.29) is 11.8 Å². The number of rotatable bonds is 3. The first-order valence-corrected chi connectivity index (χ1v) is 11.0. The average Bonchev–Trinajstić information content (AvgIpc) is 3.45. The molecule has 10 heteroatoms. The maximum atomic E-state index is 12.9. The summed E-state index contributed by atoms with van der Waals surface area (Å²) >= 11 is 4.05. The lowest BCUT2D eigenvalue weighted by Gasteiger charge is -2.26. The molecular weight excluding hydrogens is 414 g/mol. The second-order valence-electron chi connectivity index (χ2n) is 6.30. The van der Waals surface area contributed by atoms with Crippen LogP contribution < -0.4 is 5.32 Å². The first-order chi connectivity index (χ1) is 13.7. The van der Waals surface area contributed by atoms with E-state index in [1.807, 2.05) is 16.3 Å². The fourth-order valence-electron chi connectivity index (χ4n) is 3.08. The molecule has 1 aliphatic rings. The molecule has 0 aliphatic carbocycles. The third-order valence-corrected chi connectivity index (χ3v) is 6.76. The molecule has 2 amide bonds. The van der Waals surface area contributed by atoms with Gasteiger partial charge in [0.2, 0.25) is 0 Å². The number of carbonyl (C=O) groups excluding carboxylic acids is 2. The van der Waals surface area contributed by atoms with Crippen molar-refractivity contribution < 1.29 is 9.59 Å². The Labute approximate surface area is 172 Å². The van der Waals surface area contributed by atoms with Crippen LogP contribution in [0.3, 0.4) is 0 Å². The molecule has 4 aromatic rings. The number of hydrogen-bond acceptors (Lipinski definition) is 8. The summed E-state index contributed by atoms with van der Waals surface area (Å²) in [6, 6.07) is 7.19. The summed E-state index contributed by atoms with van der Waals surface area (Å²) in [4.78, 5) is 32.5. The summed E-state index contributed by atoms with van der Waals surface area (Å²) in [5.41, 5.74) is 3.73. The quantitative estimate of drug-likeness (QED) is 0.539. The number of anilines is 1. The van der Waals surface area contributed by atoms with Crippen molar-refractivity contribution >= 4 is 62.4 Å². The van der Waals surface area contributed by atoms with E-state index in [1.54, 1.807) is 23.6 Å². The van der Waals surface area contributed by atoms with E-state index in [1.165, 1.54) is 22.7 Å². The monoisotopic (exact) mass is 427 g/mol. The highest BCUT2D eigenvalue weighted by Gasteiger charge is 2.25. The van der Waals surface area contributed by atoms with E-state index in [4.69, 9.17) is 0 Å². The number of carbonyl (C=O) groups is 2. The van der Waals surface area contributed by atoms with E-state index < -0.39 is 0 Å². The van der Waals surface area contributed by atoms with Crippen molar-refractivity contribution in [3.05, 3.63) is 56.7 Å². The topological polar surface area (TPSA) is 88.1 Å². The first-order valence-electron chi connectivity index (χ1n) is 8.51. The molecule has 0 radical (unpaired) electrons. The summed E-state index contributed by atoms with van der Waals surface area (Å²) < 4.78 is 8.38. The molecule has 4 heterocycles. The number of benzene rings is 1. The normalized spacial score (nSPS) is 13.5. The third kappa shape index (κ3) is 3.19. The van der Waals surface area contributed by atoms with Gasteiger partial charge in [0.05, 0.1) is 29.5 Å². The number of nitrogens with one attached hydrogen (secondary N) is 1. The molecule has 5 rings (SSSR count). The van der Waals surface area contributed by atoms with Crippen LogP contribution in [0.2, 0.25) is 0 Å². The van der Waals surface area contributed by atoms with Gasteiger partial charge in [-0.3, -0.25) is 14.9 Å². The molecule has 0 fully saturated rings. The van der Waals surface area contributed by atoms with Gasteiger partial charge in [-0.2, -0.15) is 20.1 Å². The Balaban J connectivity index is 1.32. The minimum atomic E-state index is -0.162. The van der Waals surface area contributed by atoms with E-state index in [2.05, 4.69) is 19.0 Å². The minimum Gasteiger partial charge on any atom is -0.333 e. The fraction of sp³-hybridized carbons (Fsp3) is 0.167. The Hall–Kier alpha value is -2.69. The van der Waals surface area contributed by atoms with Crippen molar-refractivity contribution in [3.63, 3.8) is 0 Å². The van der Waals surface area contributed by atoms with E-state index in [0.29, 0.717) is 35.8 Å². The van der Waals surface area contributed by atoms with Gasteiger partial charge in [0.25, 0.3) is 11.8 Å². The third-order valence-electron chi connectivity index (χ3n) is 4.52. The maximum Gasteiger partial charge on any atom is 0.258 e. The summed E-state index contributed by atoms with van der Waals surface area (Å²) in [5.74, 6) is -0.191. The smallest absolute Gasteiger partial charge is 0.258 e. The summed E-state index contributed by atoms with van der Waals surface area (Å²) in [6.45, 7) is 1.09. The van der Waals surface area contributed by atoms with Crippen molar-refractivity contribution in [1.82, 2.24) is 18.6 Å². The number of amides is 2. The average molecular weight is 428 g/mol. The van der Waals surface area contributed by atoms with Crippen LogP contribution in [0.1, 0.15) is 31.3 Å². The van der Waals surface area contributed by atoms with Gasteiger partial charge in [0.15, 0.2) is 5.13 Å². The molecule has 1 aromatic carbocycles. The van der Waals surface area contributed by atoms with Gasteiger partial charge in [-0.1, -0.05) is 11.3 Å². The molecule has 1 aliphatic heterocycles. The fourth-order valence-corrected chi connectivity index (χ4v) is 5.26. The van der Waals surface area contributed by atoms with Crippen molar-refractivity contribution in [2.75, 3.05) is 11.9 Å². The highest BCUT2D eigenvalue weighted by atomic mass is 32.1. The molecule has 0 bridgehead atoms. The van der Waals surface area contributed by atoms with Crippen LogP contribution in [0.5, 0.6) is 0 Å². The molecule has 7 nitrogen and oxygen atoms in total. The van der Waals surface area contributed by atoms with E-state index in [0.717, 1.165) is 33.3 Å². The Bertz CT molecular complexity index is 1180. The molecule has 1 N–H and O–H groups in total. The number of fused-ring (bicyclic) bond motifs is 2. The number of thiazole rings is 1. The number of nitrogens with zero attached hydrogens (tertiary/aromatic N) is 4. The highest BCUT2D eigenvalue weighted by molar-refractivity contribution is 7.16. The van der Waals surface area contributed by atoms with Crippen LogP contribution in [-0.4, -0.2) is 37.0 Å². The van der Waals surface area contributed by atoms with Crippen LogP contribution in [0.25, 0.3) is 11.0 Å². The lowest BCUT2D eigenvalue weighted by Crippen LogP contribution is -2.35. The molecule has 0 saturated heterocycles. The Morgan fingerprint density at radius 2 is 2.00 bits per heavy atom. The number of aromatic nitrogens is 3. The Morgan fingerprint density at radius 1 is 1.11 bits per heavy atom.